The van der Waals surface area contributed by atoms with Gasteiger partial charge in [-0.15, -0.1) is 11.3 Å². The van der Waals surface area contributed by atoms with Gasteiger partial charge in [0.25, 0.3) is 0 Å². The fourth-order valence-corrected chi connectivity index (χ4v) is 2.09. The number of aryl methyl sites for hydroxylation is 1. The second-order valence-electron chi connectivity index (χ2n) is 3.38. The van der Waals surface area contributed by atoms with Gasteiger partial charge in [0.05, 0.1) is 12.2 Å². The second kappa shape index (κ2) is 4.55. The number of aromatic nitrogens is 3. The summed E-state index contributed by atoms with van der Waals surface area (Å²) in [6.45, 7) is 3.06. The summed E-state index contributed by atoms with van der Waals surface area (Å²) in [4.78, 5) is 4.20. The summed E-state index contributed by atoms with van der Waals surface area (Å²) in [7, 11) is 0. The van der Waals surface area contributed by atoms with Crippen molar-refractivity contribution in [3.8, 4) is 0 Å². The molecule has 0 saturated heterocycles. The third-order valence-electron chi connectivity index (χ3n) is 2.18. The quantitative estimate of drug-likeness (QED) is 0.858. The van der Waals surface area contributed by atoms with E-state index in [1.54, 1.807) is 17.5 Å². The highest BCUT2D eigenvalue weighted by Gasteiger charge is 2.12. The van der Waals surface area contributed by atoms with Crippen LogP contribution < -0.4 is 5.73 Å². The first-order valence-corrected chi connectivity index (χ1v) is 5.86. The molecule has 1 unspecified atom stereocenters. The Labute approximate surface area is 92.8 Å². The van der Waals surface area contributed by atoms with Crippen LogP contribution in [0.15, 0.2) is 24.0 Å². The third-order valence-corrected chi connectivity index (χ3v) is 3.04. The maximum Gasteiger partial charge on any atom is 0.114 e. The summed E-state index contributed by atoms with van der Waals surface area (Å²) < 4.78 is 1.92. The molecule has 0 amide bonds. The molecule has 0 radical (unpaired) electrons. The minimum Gasteiger partial charge on any atom is -0.318 e. The van der Waals surface area contributed by atoms with Crippen LogP contribution >= 0.6 is 11.3 Å². The smallest absolute Gasteiger partial charge is 0.114 e. The van der Waals surface area contributed by atoms with E-state index in [4.69, 9.17) is 5.73 Å². The highest BCUT2D eigenvalue weighted by molar-refractivity contribution is 7.09. The van der Waals surface area contributed by atoms with Gasteiger partial charge in [0.2, 0.25) is 0 Å². The molecule has 0 saturated carbocycles. The van der Waals surface area contributed by atoms with Crippen LogP contribution in [-0.2, 0) is 6.54 Å². The van der Waals surface area contributed by atoms with Crippen molar-refractivity contribution in [3.63, 3.8) is 0 Å². The molecular formula is C10H14N4S. The lowest BCUT2D eigenvalue weighted by Gasteiger charge is -2.04. The summed E-state index contributed by atoms with van der Waals surface area (Å²) in [6.07, 6.45) is 6.67. The van der Waals surface area contributed by atoms with Gasteiger partial charge in [-0.2, -0.15) is 5.10 Å². The number of nitrogens with zero attached hydrogens (tertiary/aromatic N) is 3. The van der Waals surface area contributed by atoms with E-state index in [2.05, 4.69) is 17.0 Å². The third kappa shape index (κ3) is 2.24. The highest BCUT2D eigenvalue weighted by atomic mass is 32.1. The molecule has 0 aliphatic carbocycles. The Bertz CT molecular complexity index is 407. The topological polar surface area (TPSA) is 56.7 Å². The fourth-order valence-electron chi connectivity index (χ4n) is 1.42. The van der Waals surface area contributed by atoms with Crippen molar-refractivity contribution in [2.24, 2.45) is 5.73 Å². The van der Waals surface area contributed by atoms with Crippen molar-refractivity contribution in [1.29, 1.82) is 0 Å². The van der Waals surface area contributed by atoms with Gasteiger partial charge >= 0.3 is 0 Å². The number of hydrogen-bond acceptors (Lipinski definition) is 4. The Morgan fingerprint density at radius 3 is 3.13 bits per heavy atom. The molecule has 2 aromatic heterocycles. The minimum atomic E-state index is -0.143. The number of thiazole rings is 1. The van der Waals surface area contributed by atoms with E-state index in [9.17, 15) is 0 Å². The number of rotatable bonds is 4. The first-order valence-electron chi connectivity index (χ1n) is 4.98. The average molecular weight is 222 g/mol. The van der Waals surface area contributed by atoms with E-state index in [1.165, 1.54) is 0 Å². The van der Waals surface area contributed by atoms with Crippen LogP contribution in [0.3, 0.4) is 0 Å². The Morgan fingerprint density at radius 1 is 1.60 bits per heavy atom. The van der Waals surface area contributed by atoms with Crippen molar-refractivity contribution < 1.29 is 0 Å². The molecule has 0 bridgehead atoms. The predicted octanol–water partition coefficient (Wildman–Crippen LogP) is 1.80. The van der Waals surface area contributed by atoms with Gasteiger partial charge in [0.15, 0.2) is 0 Å². The molecule has 0 aliphatic heterocycles. The molecule has 2 aromatic rings. The van der Waals surface area contributed by atoms with Crippen molar-refractivity contribution in [3.05, 3.63) is 34.5 Å². The summed E-state index contributed by atoms with van der Waals surface area (Å²) in [5, 5.41) is 7.12. The fraction of sp³-hybridized carbons (Fsp3) is 0.400. The lowest BCUT2D eigenvalue weighted by atomic mass is 10.2. The zero-order valence-corrected chi connectivity index (χ0v) is 9.44. The van der Waals surface area contributed by atoms with Gasteiger partial charge in [-0.25, -0.2) is 4.98 Å². The van der Waals surface area contributed by atoms with Crippen LogP contribution in [0.4, 0.5) is 0 Å². The molecule has 0 aromatic carbocycles. The van der Waals surface area contributed by atoms with Crippen LogP contribution in [0.1, 0.15) is 30.0 Å². The van der Waals surface area contributed by atoms with Gasteiger partial charge in [-0.3, -0.25) is 4.68 Å². The van der Waals surface area contributed by atoms with Gasteiger partial charge in [0, 0.05) is 29.9 Å². The summed E-state index contributed by atoms with van der Waals surface area (Å²) in [6, 6.07) is -0.143. The van der Waals surface area contributed by atoms with Crippen LogP contribution in [0.5, 0.6) is 0 Å². The molecule has 15 heavy (non-hydrogen) atoms. The maximum absolute atomic E-state index is 6.06. The Morgan fingerprint density at radius 2 is 2.47 bits per heavy atom. The van der Waals surface area contributed by atoms with Crippen LogP contribution in [0.2, 0.25) is 0 Å². The van der Waals surface area contributed by atoms with E-state index in [0.29, 0.717) is 0 Å². The normalized spacial score (nSPS) is 12.9. The van der Waals surface area contributed by atoms with E-state index >= 15 is 0 Å². The van der Waals surface area contributed by atoms with Crippen molar-refractivity contribution in [2.75, 3.05) is 0 Å². The molecule has 0 aliphatic rings. The molecule has 2 N–H and O–H groups in total. The van der Waals surface area contributed by atoms with E-state index < -0.39 is 0 Å². The second-order valence-corrected chi connectivity index (χ2v) is 4.31. The predicted molar refractivity (Wildman–Crippen MR) is 60.7 cm³/mol. The SMILES string of the molecule is CCCn1cc(C(N)c2nccs2)cn1. The zero-order valence-electron chi connectivity index (χ0n) is 8.63. The maximum atomic E-state index is 6.06. The van der Waals surface area contributed by atoms with Crippen LogP contribution in [0, 0.1) is 0 Å². The molecule has 0 spiro atoms. The molecular weight excluding hydrogens is 208 g/mol. The average Bonchev–Trinajstić information content (AvgIpc) is 2.87. The lowest BCUT2D eigenvalue weighted by molar-refractivity contribution is 0.602. The first-order chi connectivity index (χ1) is 7.31. The summed E-state index contributed by atoms with van der Waals surface area (Å²) >= 11 is 1.58. The van der Waals surface area contributed by atoms with E-state index in [-0.39, 0.29) is 6.04 Å². The number of nitrogens with two attached hydrogens (primary N) is 1. The largest absolute Gasteiger partial charge is 0.318 e. The minimum absolute atomic E-state index is 0.143. The van der Waals surface area contributed by atoms with Gasteiger partial charge in [0.1, 0.15) is 5.01 Å². The summed E-state index contributed by atoms with van der Waals surface area (Å²) in [5.74, 6) is 0. The summed E-state index contributed by atoms with van der Waals surface area (Å²) in [5.41, 5.74) is 7.09. The molecule has 80 valence electrons. The Balaban J connectivity index is 2.15. The van der Waals surface area contributed by atoms with E-state index in [0.717, 1.165) is 23.5 Å². The monoisotopic (exact) mass is 222 g/mol. The first kappa shape index (κ1) is 10.3. The van der Waals surface area contributed by atoms with Gasteiger partial charge in [-0.05, 0) is 6.42 Å². The molecule has 1 atom stereocenters. The van der Waals surface area contributed by atoms with Crippen molar-refractivity contribution in [2.45, 2.75) is 25.9 Å². The standard InChI is InChI=1S/C10H14N4S/c1-2-4-14-7-8(6-13-14)9(11)10-12-3-5-15-10/h3,5-7,9H,2,4,11H2,1H3. The molecule has 2 rings (SSSR count). The lowest BCUT2D eigenvalue weighted by Crippen LogP contribution is -2.10. The Hall–Kier alpha value is -1.20. The molecule has 5 heteroatoms. The van der Waals surface area contributed by atoms with Crippen LogP contribution in [0.25, 0.3) is 0 Å². The zero-order chi connectivity index (χ0) is 10.7. The van der Waals surface area contributed by atoms with Gasteiger partial charge in [-0.1, -0.05) is 6.92 Å². The molecule has 2 heterocycles. The molecule has 0 fully saturated rings. The Kier molecular flexibility index (Phi) is 3.13. The molecule has 4 nitrogen and oxygen atoms in total. The van der Waals surface area contributed by atoms with E-state index in [1.807, 2.05) is 22.5 Å². The van der Waals surface area contributed by atoms with Crippen molar-refractivity contribution >= 4 is 11.3 Å². The van der Waals surface area contributed by atoms with Crippen molar-refractivity contribution in [1.82, 2.24) is 14.8 Å². The van der Waals surface area contributed by atoms with Gasteiger partial charge < -0.3 is 5.73 Å². The highest BCUT2D eigenvalue weighted by Crippen LogP contribution is 2.20. The number of hydrogen-bond donors (Lipinski definition) is 1. The van der Waals surface area contributed by atoms with Crippen LogP contribution in [-0.4, -0.2) is 14.8 Å².